The highest BCUT2D eigenvalue weighted by Gasteiger charge is 2.26. The molecular formula is C20H22N4O3S. The number of rotatable bonds is 4. The lowest BCUT2D eigenvalue weighted by atomic mass is 9.92. The zero-order valence-electron chi connectivity index (χ0n) is 15.6. The van der Waals surface area contributed by atoms with E-state index in [9.17, 15) is 13.2 Å². The zero-order valence-corrected chi connectivity index (χ0v) is 16.4. The van der Waals surface area contributed by atoms with Crippen LogP contribution in [-0.4, -0.2) is 53.8 Å². The summed E-state index contributed by atoms with van der Waals surface area (Å²) in [6, 6.07) is 10.5. The molecule has 1 aliphatic heterocycles. The van der Waals surface area contributed by atoms with Gasteiger partial charge in [-0.1, -0.05) is 12.1 Å². The lowest BCUT2D eigenvalue weighted by Gasteiger charge is -2.31. The van der Waals surface area contributed by atoms with Crippen LogP contribution in [0.4, 0.5) is 0 Å². The maximum atomic E-state index is 12.6. The minimum Gasteiger partial charge on any atom is -0.342 e. The lowest BCUT2D eigenvalue weighted by Crippen LogP contribution is -2.38. The summed E-state index contributed by atoms with van der Waals surface area (Å²) in [7, 11) is -3.22. The van der Waals surface area contributed by atoms with Crippen LogP contribution in [0.1, 0.15) is 30.0 Å². The normalized spacial score (nSPS) is 15.8. The molecule has 0 aliphatic carbocycles. The number of sulfone groups is 1. The van der Waals surface area contributed by atoms with E-state index in [4.69, 9.17) is 0 Å². The number of carbonyl (C=O) groups is 1. The van der Waals surface area contributed by atoms with Crippen molar-refractivity contribution in [2.75, 3.05) is 19.3 Å². The average Bonchev–Trinajstić information content (AvgIpc) is 3.12. The van der Waals surface area contributed by atoms with Gasteiger partial charge in [-0.3, -0.25) is 9.89 Å². The number of benzene rings is 1. The fourth-order valence-electron chi connectivity index (χ4n) is 3.74. The summed E-state index contributed by atoms with van der Waals surface area (Å²) < 4.78 is 23.1. The first kappa shape index (κ1) is 18.6. The zero-order chi connectivity index (χ0) is 19.7. The smallest absolute Gasteiger partial charge is 0.226 e. The molecule has 28 heavy (non-hydrogen) atoms. The number of aromatic amines is 1. The Labute approximate surface area is 163 Å². The van der Waals surface area contributed by atoms with Crippen molar-refractivity contribution >= 4 is 26.8 Å². The lowest BCUT2D eigenvalue weighted by molar-refractivity contribution is -0.131. The minimum atomic E-state index is -3.22. The molecule has 0 unspecified atom stereocenters. The maximum absolute atomic E-state index is 12.6. The number of nitrogens with one attached hydrogen (secondary N) is 1. The van der Waals surface area contributed by atoms with Gasteiger partial charge in [-0.05, 0) is 42.7 Å². The summed E-state index contributed by atoms with van der Waals surface area (Å²) in [5.74, 6) is 0.411. The number of fused-ring (bicyclic) bond motifs is 1. The van der Waals surface area contributed by atoms with Gasteiger partial charge in [0.05, 0.1) is 11.3 Å². The third-order valence-electron chi connectivity index (χ3n) is 5.32. The van der Waals surface area contributed by atoms with Crippen molar-refractivity contribution < 1.29 is 13.2 Å². The number of H-pyrrole nitrogens is 1. The SMILES string of the molecule is CS(=O)(=O)c1ccc(CC(=O)N2CCC(c3[nH]nc4ncccc34)CC2)cc1. The number of hydrogen-bond donors (Lipinski definition) is 1. The second-order valence-corrected chi connectivity index (χ2v) is 9.28. The standard InChI is InChI=1S/C20H22N4O3S/c1-28(26,27)16-6-4-14(5-7-16)13-18(25)24-11-8-15(9-12-24)19-17-3-2-10-21-20(17)23-22-19/h2-7,10,15H,8-9,11-13H2,1H3,(H,21,22,23). The van der Waals surface area contributed by atoms with Crippen molar-refractivity contribution in [3.8, 4) is 0 Å². The predicted molar refractivity (Wildman–Crippen MR) is 106 cm³/mol. The molecule has 0 atom stereocenters. The topological polar surface area (TPSA) is 96.0 Å². The van der Waals surface area contributed by atoms with Crippen LogP contribution in [0.15, 0.2) is 47.5 Å². The van der Waals surface area contributed by atoms with E-state index in [1.165, 1.54) is 6.26 Å². The van der Waals surface area contributed by atoms with Crippen molar-refractivity contribution in [3.63, 3.8) is 0 Å². The first-order valence-electron chi connectivity index (χ1n) is 9.27. The molecule has 0 saturated carbocycles. The summed E-state index contributed by atoms with van der Waals surface area (Å²) in [4.78, 5) is 19.1. The van der Waals surface area contributed by atoms with E-state index in [2.05, 4.69) is 15.2 Å². The van der Waals surface area contributed by atoms with E-state index < -0.39 is 9.84 Å². The Morgan fingerprint density at radius 2 is 1.89 bits per heavy atom. The Morgan fingerprint density at radius 3 is 2.57 bits per heavy atom. The first-order valence-corrected chi connectivity index (χ1v) is 11.2. The van der Waals surface area contributed by atoms with Gasteiger partial charge >= 0.3 is 0 Å². The Hall–Kier alpha value is -2.74. The third-order valence-corrected chi connectivity index (χ3v) is 6.45. The van der Waals surface area contributed by atoms with Crippen LogP contribution in [0.3, 0.4) is 0 Å². The first-order chi connectivity index (χ1) is 13.4. The number of nitrogens with zero attached hydrogens (tertiary/aromatic N) is 3. The quantitative estimate of drug-likeness (QED) is 0.728. The molecule has 0 spiro atoms. The predicted octanol–water partition coefficient (Wildman–Crippen LogP) is 2.31. The van der Waals surface area contributed by atoms with Crippen molar-refractivity contribution in [1.29, 1.82) is 0 Å². The van der Waals surface area contributed by atoms with Crippen molar-refractivity contribution in [2.24, 2.45) is 0 Å². The molecule has 3 aromatic rings. The fraction of sp³-hybridized carbons (Fsp3) is 0.350. The fourth-order valence-corrected chi connectivity index (χ4v) is 4.37. The number of carbonyl (C=O) groups excluding carboxylic acids is 1. The summed E-state index contributed by atoms with van der Waals surface area (Å²) in [5, 5.41) is 8.44. The van der Waals surface area contributed by atoms with Crippen molar-refractivity contribution in [3.05, 3.63) is 53.9 Å². The van der Waals surface area contributed by atoms with Gasteiger partial charge in [0.2, 0.25) is 5.91 Å². The maximum Gasteiger partial charge on any atom is 0.226 e. The molecule has 1 fully saturated rings. The van der Waals surface area contributed by atoms with Gasteiger partial charge in [-0.25, -0.2) is 13.4 Å². The molecule has 146 valence electrons. The van der Waals surface area contributed by atoms with Crippen LogP contribution in [0.5, 0.6) is 0 Å². The number of amides is 1. The number of likely N-dealkylation sites (tertiary alicyclic amines) is 1. The third kappa shape index (κ3) is 3.77. The van der Waals surface area contributed by atoms with Gasteiger partial charge in [0.25, 0.3) is 0 Å². The van der Waals surface area contributed by atoms with Crippen LogP contribution in [-0.2, 0) is 21.1 Å². The molecule has 0 radical (unpaired) electrons. The number of pyridine rings is 1. The minimum absolute atomic E-state index is 0.0710. The van der Waals surface area contributed by atoms with Crippen LogP contribution in [0.25, 0.3) is 11.0 Å². The van der Waals surface area contributed by atoms with E-state index in [-0.39, 0.29) is 17.2 Å². The molecule has 4 rings (SSSR count). The average molecular weight is 398 g/mol. The summed E-state index contributed by atoms with van der Waals surface area (Å²) in [6.07, 6.45) is 4.95. The van der Waals surface area contributed by atoms with Crippen LogP contribution < -0.4 is 0 Å². The second-order valence-electron chi connectivity index (χ2n) is 7.26. The molecule has 0 bridgehead atoms. The van der Waals surface area contributed by atoms with E-state index in [1.807, 2.05) is 17.0 Å². The molecule has 3 heterocycles. The van der Waals surface area contributed by atoms with E-state index in [0.29, 0.717) is 19.0 Å². The van der Waals surface area contributed by atoms with Gasteiger partial charge in [0, 0.05) is 42.5 Å². The summed E-state index contributed by atoms with van der Waals surface area (Å²) in [6.45, 7) is 1.40. The van der Waals surface area contributed by atoms with Gasteiger partial charge in [0.15, 0.2) is 15.5 Å². The van der Waals surface area contributed by atoms with Crippen molar-refractivity contribution in [2.45, 2.75) is 30.1 Å². The van der Waals surface area contributed by atoms with E-state index in [1.54, 1.807) is 30.5 Å². The largest absolute Gasteiger partial charge is 0.342 e. The monoisotopic (exact) mass is 398 g/mol. The molecule has 8 heteroatoms. The van der Waals surface area contributed by atoms with Gasteiger partial charge in [-0.2, -0.15) is 5.10 Å². The Morgan fingerprint density at radius 1 is 1.18 bits per heavy atom. The van der Waals surface area contributed by atoms with Gasteiger partial charge in [-0.15, -0.1) is 0 Å². The molecule has 1 N–H and O–H groups in total. The number of aromatic nitrogens is 3. The van der Waals surface area contributed by atoms with Crippen LogP contribution >= 0.6 is 0 Å². The number of piperidine rings is 1. The van der Waals surface area contributed by atoms with Crippen LogP contribution in [0, 0.1) is 0 Å². The second kappa shape index (κ2) is 7.35. The number of hydrogen-bond acceptors (Lipinski definition) is 5. The van der Waals surface area contributed by atoms with Gasteiger partial charge in [0.1, 0.15) is 0 Å². The molecule has 1 saturated heterocycles. The Kier molecular flexibility index (Phi) is 4.89. The highest BCUT2D eigenvalue weighted by Crippen LogP contribution is 2.31. The molecular weight excluding hydrogens is 376 g/mol. The molecule has 2 aromatic heterocycles. The Balaban J connectivity index is 1.37. The highest BCUT2D eigenvalue weighted by molar-refractivity contribution is 7.90. The highest BCUT2D eigenvalue weighted by atomic mass is 32.2. The van der Waals surface area contributed by atoms with Gasteiger partial charge < -0.3 is 4.90 Å². The summed E-state index contributed by atoms with van der Waals surface area (Å²) in [5.41, 5.74) is 2.66. The summed E-state index contributed by atoms with van der Waals surface area (Å²) >= 11 is 0. The molecule has 7 nitrogen and oxygen atoms in total. The molecule has 1 aliphatic rings. The van der Waals surface area contributed by atoms with E-state index >= 15 is 0 Å². The molecule has 1 amide bonds. The van der Waals surface area contributed by atoms with E-state index in [0.717, 1.165) is 35.1 Å². The Bertz CT molecular complexity index is 1100. The molecule has 1 aromatic carbocycles. The van der Waals surface area contributed by atoms with Crippen molar-refractivity contribution in [1.82, 2.24) is 20.1 Å². The van der Waals surface area contributed by atoms with Crippen LogP contribution in [0.2, 0.25) is 0 Å².